The average molecular weight is 300 g/mol. The molecule has 1 aliphatic heterocycles. The molecule has 106 valence electrons. The van der Waals surface area contributed by atoms with Crippen LogP contribution in [0.3, 0.4) is 0 Å². The Hall–Kier alpha value is -0.820. The molecule has 1 aromatic rings. The van der Waals surface area contributed by atoms with Crippen molar-refractivity contribution in [3.8, 4) is 0 Å². The van der Waals surface area contributed by atoms with Gasteiger partial charge < -0.3 is 9.88 Å². The molecule has 1 saturated heterocycles. The summed E-state index contributed by atoms with van der Waals surface area (Å²) in [6.07, 6.45) is 2.06. The van der Waals surface area contributed by atoms with Gasteiger partial charge in [0.2, 0.25) is 5.91 Å². The second-order valence-corrected chi connectivity index (χ2v) is 7.26. The molecule has 1 amide bonds. The van der Waals surface area contributed by atoms with Gasteiger partial charge in [0, 0.05) is 6.04 Å². The highest BCUT2D eigenvalue weighted by Crippen LogP contribution is 2.37. The number of nitrogens with one attached hydrogen (secondary N) is 2. The third kappa shape index (κ3) is 3.02. The van der Waals surface area contributed by atoms with Crippen LogP contribution in [0.5, 0.6) is 0 Å². The zero-order valence-corrected chi connectivity index (χ0v) is 13.2. The van der Waals surface area contributed by atoms with Crippen LogP contribution < -0.4 is 5.32 Å². The molecule has 2 rings (SSSR count). The minimum Gasteiger partial charge on any atom is -0.348 e. The van der Waals surface area contributed by atoms with Gasteiger partial charge in [-0.2, -0.15) is 5.10 Å². The fourth-order valence-corrected chi connectivity index (χ4v) is 3.89. The Kier molecular flexibility index (Phi) is 4.35. The first-order chi connectivity index (χ1) is 8.94. The number of nitrogens with zero attached hydrogens (tertiary/aromatic N) is 2. The van der Waals surface area contributed by atoms with Crippen molar-refractivity contribution in [2.24, 2.45) is 0 Å². The number of aromatic nitrogens is 3. The van der Waals surface area contributed by atoms with Gasteiger partial charge in [0.15, 0.2) is 10.6 Å². The van der Waals surface area contributed by atoms with E-state index in [1.54, 1.807) is 11.8 Å². The van der Waals surface area contributed by atoms with E-state index in [-0.39, 0.29) is 16.7 Å². The Labute approximate surface area is 122 Å². The van der Waals surface area contributed by atoms with E-state index in [1.165, 1.54) is 0 Å². The van der Waals surface area contributed by atoms with Gasteiger partial charge >= 0.3 is 0 Å². The predicted octanol–water partition coefficient (Wildman–Crippen LogP) is 2.42. The van der Waals surface area contributed by atoms with Crippen LogP contribution in [0.4, 0.5) is 0 Å². The monoisotopic (exact) mass is 300 g/mol. The molecule has 0 radical (unpaired) electrons. The van der Waals surface area contributed by atoms with Crippen molar-refractivity contribution >= 4 is 29.9 Å². The van der Waals surface area contributed by atoms with E-state index in [4.69, 9.17) is 12.2 Å². The Morgan fingerprint density at radius 2 is 2.42 bits per heavy atom. The van der Waals surface area contributed by atoms with Crippen molar-refractivity contribution in [3.05, 3.63) is 10.6 Å². The highest BCUT2D eigenvalue weighted by Gasteiger charge is 2.37. The summed E-state index contributed by atoms with van der Waals surface area (Å²) in [4.78, 5) is 12.2. The summed E-state index contributed by atoms with van der Waals surface area (Å²) in [5, 5.41) is 9.94. The van der Waals surface area contributed by atoms with Gasteiger partial charge in [-0.3, -0.25) is 9.89 Å². The van der Waals surface area contributed by atoms with Crippen molar-refractivity contribution in [1.29, 1.82) is 0 Å². The Morgan fingerprint density at radius 3 is 3.00 bits per heavy atom. The van der Waals surface area contributed by atoms with Gasteiger partial charge in [0.1, 0.15) is 0 Å². The molecule has 5 nitrogen and oxygen atoms in total. The fraction of sp³-hybridized carbons (Fsp3) is 0.750. The third-order valence-corrected chi connectivity index (χ3v) is 5.21. The van der Waals surface area contributed by atoms with E-state index >= 15 is 0 Å². The SMILES string of the molecule is CC(C)n1c(CNC(=O)[C@]2(C)CCCS2)n[nH]c1=S. The Balaban J connectivity index is 2.03. The van der Waals surface area contributed by atoms with E-state index in [1.807, 2.05) is 25.3 Å². The molecular weight excluding hydrogens is 280 g/mol. The molecule has 0 aromatic carbocycles. The summed E-state index contributed by atoms with van der Waals surface area (Å²) in [6.45, 7) is 6.52. The quantitative estimate of drug-likeness (QED) is 0.838. The lowest BCUT2D eigenvalue weighted by molar-refractivity contribution is -0.123. The van der Waals surface area contributed by atoms with Gasteiger partial charge in [-0.05, 0) is 51.6 Å². The normalized spacial score (nSPS) is 22.9. The molecule has 1 atom stereocenters. The summed E-state index contributed by atoms with van der Waals surface area (Å²) >= 11 is 6.92. The molecule has 2 heterocycles. The minimum absolute atomic E-state index is 0.0965. The number of rotatable bonds is 4. The van der Waals surface area contributed by atoms with Crippen LogP contribution in [-0.2, 0) is 11.3 Å². The standard InChI is InChI=1S/C12H20N4OS2/c1-8(2)16-9(14-15-11(16)18)7-13-10(17)12(3)5-4-6-19-12/h8H,4-7H2,1-3H3,(H,13,17)(H,15,18)/t12-/m0/s1. The lowest BCUT2D eigenvalue weighted by Crippen LogP contribution is -2.40. The van der Waals surface area contributed by atoms with E-state index < -0.39 is 0 Å². The number of H-pyrrole nitrogens is 1. The number of aromatic amines is 1. The first-order valence-electron chi connectivity index (χ1n) is 6.52. The molecule has 0 bridgehead atoms. The van der Waals surface area contributed by atoms with Crippen LogP contribution in [0.2, 0.25) is 0 Å². The maximum Gasteiger partial charge on any atom is 0.236 e. The Morgan fingerprint density at radius 1 is 1.68 bits per heavy atom. The fourth-order valence-electron chi connectivity index (χ4n) is 2.30. The van der Waals surface area contributed by atoms with Crippen LogP contribution in [-0.4, -0.2) is 31.2 Å². The molecule has 1 fully saturated rings. The molecule has 7 heteroatoms. The minimum atomic E-state index is -0.282. The number of amides is 1. The van der Waals surface area contributed by atoms with Gasteiger partial charge in [-0.1, -0.05) is 0 Å². The number of hydrogen-bond acceptors (Lipinski definition) is 4. The van der Waals surface area contributed by atoms with Crippen LogP contribution in [0, 0.1) is 4.77 Å². The number of hydrogen-bond donors (Lipinski definition) is 2. The van der Waals surface area contributed by atoms with Gasteiger partial charge in [-0.15, -0.1) is 11.8 Å². The summed E-state index contributed by atoms with van der Waals surface area (Å²) in [6, 6.07) is 0.231. The molecule has 1 aliphatic rings. The van der Waals surface area contributed by atoms with Crippen molar-refractivity contribution in [2.45, 2.75) is 50.9 Å². The predicted molar refractivity (Wildman–Crippen MR) is 79.7 cm³/mol. The van der Waals surface area contributed by atoms with E-state index in [0.717, 1.165) is 24.4 Å². The van der Waals surface area contributed by atoms with Crippen LogP contribution in [0.15, 0.2) is 0 Å². The lowest BCUT2D eigenvalue weighted by atomic mass is 10.1. The van der Waals surface area contributed by atoms with Crippen molar-refractivity contribution in [1.82, 2.24) is 20.1 Å². The zero-order valence-electron chi connectivity index (χ0n) is 11.5. The van der Waals surface area contributed by atoms with Crippen LogP contribution in [0.25, 0.3) is 0 Å². The number of carbonyl (C=O) groups excluding carboxylic acids is 1. The van der Waals surface area contributed by atoms with E-state index in [2.05, 4.69) is 15.5 Å². The topological polar surface area (TPSA) is 62.7 Å². The first-order valence-corrected chi connectivity index (χ1v) is 7.91. The maximum atomic E-state index is 12.2. The smallest absolute Gasteiger partial charge is 0.236 e. The Bertz CT molecular complexity index is 514. The van der Waals surface area contributed by atoms with Crippen molar-refractivity contribution < 1.29 is 4.79 Å². The molecule has 2 N–H and O–H groups in total. The summed E-state index contributed by atoms with van der Waals surface area (Å²) in [5.74, 6) is 1.94. The average Bonchev–Trinajstić information content (AvgIpc) is 2.93. The van der Waals surface area contributed by atoms with E-state index in [9.17, 15) is 4.79 Å². The maximum absolute atomic E-state index is 12.2. The largest absolute Gasteiger partial charge is 0.348 e. The number of thioether (sulfide) groups is 1. The molecule has 0 aliphatic carbocycles. The zero-order chi connectivity index (χ0) is 14.0. The van der Waals surface area contributed by atoms with Crippen LogP contribution in [0.1, 0.15) is 45.5 Å². The van der Waals surface area contributed by atoms with Gasteiger partial charge in [0.05, 0.1) is 11.3 Å². The molecule has 19 heavy (non-hydrogen) atoms. The molecule has 0 saturated carbocycles. The van der Waals surface area contributed by atoms with Gasteiger partial charge in [-0.25, -0.2) is 0 Å². The highest BCUT2D eigenvalue weighted by atomic mass is 32.2. The highest BCUT2D eigenvalue weighted by molar-refractivity contribution is 8.01. The van der Waals surface area contributed by atoms with Crippen LogP contribution >= 0.6 is 24.0 Å². The first kappa shape index (κ1) is 14.6. The molecule has 0 spiro atoms. The second-order valence-electron chi connectivity index (χ2n) is 5.27. The van der Waals surface area contributed by atoms with E-state index in [0.29, 0.717) is 11.3 Å². The summed E-state index contributed by atoms with van der Waals surface area (Å²) in [5.41, 5.74) is 0. The third-order valence-electron chi connectivity index (χ3n) is 3.40. The number of carbonyl (C=O) groups is 1. The lowest BCUT2D eigenvalue weighted by Gasteiger charge is -2.21. The second kappa shape index (κ2) is 5.66. The summed E-state index contributed by atoms with van der Waals surface area (Å²) < 4.78 is 2.25. The summed E-state index contributed by atoms with van der Waals surface area (Å²) in [7, 11) is 0. The molecular formula is C12H20N4OS2. The van der Waals surface area contributed by atoms with Gasteiger partial charge in [0.25, 0.3) is 0 Å². The molecule has 1 aromatic heterocycles. The van der Waals surface area contributed by atoms with Crippen molar-refractivity contribution in [2.75, 3.05) is 5.75 Å². The van der Waals surface area contributed by atoms with Crippen molar-refractivity contribution in [3.63, 3.8) is 0 Å². The molecule has 0 unspecified atom stereocenters.